The van der Waals surface area contributed by atoms with E-state index >= 15 is 0 Å². The SMILES string of the molecule is CN=C(NCCCc1nn(-c2ccccc2)c(N)c1C#N)NCC(OC)C(C)(C)C. The number of aromatic nitrogens is 2. The highest BCUT2D eigenvalue weighted by Gasteiger charge is 2.24. The van der Waals surface area contributed by atoms with Crippen LogP contribution in [-0.2, 0) is 11.2 Å². The summed E-state index contributed by atoms with van der Waals surface area (Å²) < 4.78 is 7.19. The van der Waals surface area contributed by atoms with Gasteiger partial charge in [-0.1, -0.05) is 39.0 Å². The van der Waals surface area contributed by atoms with E-state index in [1.807, 2.05) is 30.3 Å². The Balaban J connectivity index is 1.91. The predicted octanol–water partition coefficient (Wildman–Crippen LogP) is 2.48. The first-order valence-corrected chi connectivity index (χ1v) is 10.1. The van der Waals surface area contributed by atoms with E-state index < -0.39 is 0 Å². The number of guanidine groups is 1. The Morgan fingerprint density at radius 1 is 1.30 bits per heavy atom. The monoisotopic (exact) mass is 411 g/mol. The van der Waals surface area contributed by atoms with Gasteiger partial charge in [-0.25, -0.2) is 4.68 Å². The van der Waals surface area contributed by atoms with Crippen LogP contribution >= 0.6 is 0 Å². The van der Waals surface area contributed by atoms with Crippen LogP contribution in [0, 0.1) is 16.7 Å². The number of nitrogens with two attached hydrogens (primary N) is 1. The molecule has 0 saturated heterocycles. The van der Waals surface area contributed by atoms with Crippen molar-refractivity contribution in [3.05, 3.63) is 41.6 Å². The van der Waals surface area contributed by atoms with Gasteiger partial charge in [0.2, 0.25) is 0 Å². The van der Waals surface area contributed by atoms with Gasteiger partial charge in [0.15, 0.2) is 5.96 Å². The van der Waals surface area contributed by atoms with Crippen molar-refractivity contribution in [2.24, 2.45) is 10.4 Å². The van der Waals surface area contributed by atoms with E-state index in [9.17, 15) is 5.26 Å². The fourth-order valence-electron chi connectivity index (χ4n) is 3.16. The van der Waals surface area contributed by atoms with Crippen molar-refractivity contribution in [3.63, 3.8) is 0 Å². The van der Waals surface area contributed by atoms with Gasteiger partial charge < -0.3 is 21.1 Å². The van der Waals surface area contributed by atoms with Crippen LogP contribution in [0.5, 0.6) is 0 Å². The van der Waals surface area contributed by atoms with E-state index in [2.05, 4.69) is 47.6 Å². The van der Waals surface area contributed by atoms with Gasteiger partial charge in [0.05, 0.1) is 17.5 Å². The highest BCUT2D eigenvalue weighted by atomic mass is 16.5. The fraction of sp³-hybridized carbons (Fsp3) is 0.500. The Labute approximate surface area is 179 Å². The van der Waals surface area contributed by atoms with Crippen molar-refractivity contribution in [1.82, 2.24) is 20.4 Å². The van der Waals surface area contributed by atoms with E-state index in [0.29, 0.717) is 36.6 Å². The minimum Gasteiger partial charge on any atom is -0.382 e. The fourth-order valence-corrected chi connectivity index (χ4v) is 3.16. The van der Waals surface area contributed by atoms with E-state index in [4.69, 9.17) is 10.5 Å². The first-order chi connectivity index (χ1) is 14.3. The molecule has 30 heavy (non-hydrogen) atoms. The molecule has 0 spiro atoms. The summed E-state index contributed by atoms with van der Waals surface area (Å²) in [6.45, 7) is 7.79. The van der Waals surface area contributed by atoms with Crippen molar-refractivity contribution >= 4 is 11.8 Å². The highest BCUT2D eigenvalue weighted by molar-refractivity contribution is 5.79. The summed E-state index contributed by atoms with van der Waals surface area (Å²) in [6, 6.07) is 11.8. The molecule has 8 heteroatoms. The van der Waals surface area contributed by atoms with E-state index in [1.54, 1.807) is 18.8 Å². The number of nitriles is 1. The zero-order chi connectivity index (χ0) is 22.1. The Hall–Kier alpha value is -3.05. The van der Waals surface area contributed by atoms with Gasteiger partial charge in [-0.15, -0.1) is 0 Å². The molecule has 4 N–H and O–H groups in total. The third kappa shape index (κ3) is 5.97. The first-order valence-electron chi connectivity index (χ1n) is 10.1. The lowest BCUT2D eigenvalue weighted by Gasteiger charge is -2.30. The topological polar surface area (TPSA) is 113 Å². The van der Waals surface area contributed by atoms with Gasteiger partial charge >= 0.3 is 0 Å². The number of rotatable bonds is 8. The molecule has 0 bridgehead atoms. The molecule has 2 aromatic rings. The molecule has 1 aromatic heterocycles. The number of nitrogens with one attached hydrogen (secondary N) is 2. The van der Waals surface area contributed by atoms with Crippen molar-refractivity contribution in [3.8, 4) is 11.8 Å². The predicted molar refractivity (Wildman–Crippen MR) is 121 cm³/mol. The molecule has 8 nitrogen and oxygen atoms in total. The third-order valence-corrected chi connectivity index (χ3v) is 4.92. The molecule has 0 aliphatic heterocycles. The molecule has 0 aliphatic carbocycles. The van der Waals surface area contributed by atoms with Gasteiger partial charge in [0.1, 0.15) is 17.5 Å². The molecule has 1 heterocycles. The lowest BCUT2D eigenvalue weighted by Crippen LogP contribution is -2.45. The van der Waals surface area contributed by atoms with Crippen LogP contribution in [-0.4, -0.2) is 49.1 Å². The second-order valence-corrected chi connectivity index (χ2v) is 8.14. The molecule has 1 unspecified atom stereocenters. The average molecular weight is 412 g/mol. The summed E-state index contributed by atoms with van der Waals surface area (Å²) >= 11 is 0. The molecule has 0 fully saturated rings. The van der Waals surface area contributed by atoms with Gasteiger partial charge in [0, 0.05) is 27.2 Å². The van der Waals surface area contributed by atoms with Crippen LogP contribution in [0.15, 0.2) is 35.3 Å². The van der Waals surface area contributed by atoms with Crippen LogP contribution in [0.25, 0.3) is 5.69 Å². The maximum Gasteiger partial charge on any atom is 0.191 e. The normalized spacial score (nSPS) is 13.0. The molecule has 1 aromatic carbocycles. The summed E-state index contributed by atoms with van der Waals surface area (Å²) in [6.07, 6.45) is 1.49. The van der Waals surface area contributed by atoms with Gasteiger partial charge in [-0.3, -0.25) is 4.99 Å². The van der Waals surface area contributed by atoms with Gasteiger partial charge in [-0.2, -0.15) is 10.4 Å². The van der Waals surface area contributed by atoms with E-state index in [1.165, 1.54) is 0 Å². The lowest BCUT2D eigenvalue weighted by atomic mass is 9.89. The van der Waals surface area contributed by atoms with Crippen molar-refractivity contribution < 1.29 is 4.74 Å². The molecule has 2 rings (SSSR count). The first kappa shape index (κ1) is 23.2. The van der Waals surface area contributed by atoms with Crippen LogP contribution in [0.2, 0.25) is 0 Å². The summed E-state index contributed by atoms with van der Waals surface area (Å²) in [5.74, 6) is 1.09. The maximum atomic E-state index is 9.51. The number of benzene rings is 1. The number of methoxy groups -OCH3 is 1. The number of hydrogen-bond donors (Lipinski definition) is 3. The number of nitrogens with zero attached hydrogens (tertiary/aromatic N) is 4. The van der Waals surface area contributed by atoms with Gasteiger partial charge in [-0.05, 0) is 30.4 Å². The van der Waals surface area contributed by atoms with Crippen molar-refractivity contribution in [2.75, 3.05) is 33.0 Å². The smallest absolute Gasteiger partial charge is 0.191 e. The zero-order valence-electron chi connectivity index (χ0n) is 18.6. The molecule has 1 atom stereocenters. The Kier molecular flexibility index (Phi) is 8.25. The van der Waals surface area contributed by atoms with Crippen LogP contribution in [0.1, 0.15) is 38.4 Å². The quantitative estimate of drug-likeness (QED) is 0.349. The molecule has 0 radical (unpaired) electrons. The van der Waals surface area contributed by atoms with Crippen LogP contribution in [0.3, 0.4) is 0 Å². The van der Waals surface area contributed by atoms with Crippen molar-refractivity contribution in [2.45, 2.75) is 39.7 Å². The minimum atomic E-state index is 0.0335. The summed E-state index contributed by atoms with van der Waals surface area (Å²) in [7, 11) is 3.46. The minimum absolute atomic E-state index is 0.0335. The van der Waals surface area contributed by atoms with Gasteiger partial charge in [0.25, 0.3) is 0 Å². The summed E-state index contributed by atoms with van der Waals surface area (Å²) in [4.78, 5) is 4.26. The van der Waals surface area contributed by atoms with E-state index in [-0.39, 0.29) is 11.5 Å². The number of hydrogen-bond acceptors (Lipinski definition) is 5. The highest BCUT2D eigenvalue weighted by Crippen LogP contribution is 2.22. The second kappa shape index (κ2) is 10.6. The molecule has 0 saturated carbocycles. The molecule has 0 aliphatic rings. The number of ether oxygens (including phenoxy) is 1. The standard InChI is InChI=1S/C22H33N7O/c1-22(2,3)19(30-5)15-27-21(25-4)26-13-9-12-18-17(14-23)20(24)29(28-18)16-10-7-6-8-11-16/h6-8,10-11,19H,9,12-13,15,24H2,1-5H3,(H2,25,26,27). The van der Waals surface area contributed by atoms with Crippen LogP contribution < -0.4 is 16.4 Å². The van der Waals surface area contributed by atoms with Crippen LogP contribution in [0.4, 0.5) is 5.82 Å². The molecular weight excluding hydrogens is 378 g/mol. The number of anilines is 1. The number of aryl methyl sites for hydroxylation is 1. The third-order valence-electron chi connectivity index (χ3n) is 4.92. The number of para-hydroxylation sites is 1. The molecule has 0 amide bonds. The van der Waals surface area contributed by atoms with Crippen molar-refractivity contribution in [1.29, 1.82) is 5.26 Å². The zero-order valence-corrected chi connectivity index (χ0v) is 18.6. The molecular formula is C22H33N7O. The average Bonchev–Trinajstić information content (AvgIpc) is 3.04. The number of nitrogen functional groups attached to an aromatic ring is 1. The largest absolute Gasteiger partial charge is 0.382 e. The maximum absolute atomic E-state index is 9.51. The summed E-state index contributed by atoms with van der Waals surface area (Å²) in [5, 5.41) is 20.7. The Bertz CT molecular complexity index is 875. The summed E-state index contributed by atoms with van der Waals surface area (Å²) in [5.41, 5.74) is 8.18. The molecule has 162 valence electrons. The Morgan fingerprint density at radius 2 is 2.00 bits per heavy atom. The number of aliphatic imine (C=N–C) groups is 1. The Morgan fingerprint density at radius 3 is 2.57 bits per heavy atom. The lowest BCUT2D eigenvalue weighted by molar-refractivity contribution is 0.0205. The van der Waals surface area contributed by atoms with E-state index in [0.717, 1.165) is 18.1 Å². The second-order valence-electron chi connectivity index (χ2n) is 8.14.